The van der Waals surface area contributed by atoms with Crippen LogP contribution in [0.25, 0.3) is 21.7 Å². The highest BCUT2D eigenvalue weighted by Crippen LogP contribution is 2.38. The van der Waals surface area contributed by atoms with Crippen molar-refractivity contribution in [3.8, 4) is 5.75 Å². The fourth-order valence-electron chi connectivity index (χ4n) is 3.42. The summed E-state index contributed by atoms with van der Waals surface area (Å²) in [6.07, 6.45) is 2.65. The molecule has 0 aliphatic carbocycles. The summed E-state index contributed by atoms with van der Waals surface area (Å²) in [5.74, 6) is 2.24. The van der Waals surface area contributed by atoms with Crippen molar-refractivity contribution in [2.24, 2.45) is 0 Å². The summed E-state index contributed by atoms with van der Waals surface area (Å²) in [5.41, 5.74) is 3.25. The number of nitrogens with one attached hydrogen (secondary N) is 1. The molecule has 0 spiro atoms. The SMILES string of the molecule is Oc1cccc2cc(Nc3ncnc4ccc5c(c34)CCS5)ccc12. The smallest absolute Gasteiger partial charge is 0.142 e. The maximum atomic E-state index is 9.96. The van der Waals surface area contributed by atoms with Gasteiger partial charge >= 0.3 is 0 Å². The Kier molecular flexibility index (Phi) is 3.28. The van der Waals surface area contributed by atoms with E-state index in [1.807, 2.05) is 42.1 Å². The normalized spacial score (nSPS) is 13.3. The van der Waals surface area contributed by atoms with Gasteiger partial charge in [0, 0.05) is 27.1 Å². The predicted octanol–water partition coefficient (Wildman–Crippen LogP) is 4.88. The molecule has 1 aliphatic heterocycles. The number of aromatic nitrogens is 2. The number of nitrogens with zero attached hydrogens (tertiary/aromatic N) is 2. The van der Waals surface area contributed by atoms with Crippen LogP contribution in [-0.2, 0) is 6.42 Å². The number of aromatic hydroxyl groups is 1. The third-order valence-corrected chi connectivity index (χ3v) is 5.70. The molecular formula is C20H15N3OS. The first kappa shape index (κ1) is 14.5. The zero-order valence-corrected chi connectivity index (χ0v) is 14.2. The van der Waals surface area contributed by atoms with Gasteiger partial charge < -0.3 is 10.4 Å². The average molecular weight is 345 g/mol. The topological polar surface area (TPSA) is 58.0 Å². The van der Waals surface area contributed by atoms with Crippen molar-refractivity contribution in [2.75, 3.05) is 11.1 Å². The highest BCUT2D eigenvalue weighted by molar-refractivity contribution is 7.99. The van der Waals surface area contributed by atoms with Crippen LogP contribution < -0.4 is 5.32 Å². The number of hydrogen-bond acceptors (Lipinski definition) is 5. The quantitative estimate of drug-likeness (QED) is 0.542. The van der Waals surface area contributed by atoms with E-state index < -0.39 is 0 Å². The summed E-state index contributed by atoms with van der Waals surface area (Å²) in [6.45, 7) is 0. The first-order valence-corrected chi connectivity index (χ1v) is 9.16. The van der Waals surface area contributed by atoms with Crippen molar-refractivity contribution in [1.29, 1.82) is 0 Å². The first-order valence-electron chi connectivity index (χ1n) is 8.18. The van der Waals surface area contributed by atoms with E-state index in [9.17, 15) is 5.11 Å². The number of hydrogen-bond donors (Lipinski definition) is 2. The number of rotatable bonds is 2. The van der Waals surface area contributed by atoms with Gasteiger partial charge in [-0.1, -0.05) is 12.1 Å². The second-order valence-electron chi connectivity index (χ2n) is 6.10. The fourth-order valence-corrected chi connectivity index (χ4v) is 4.49. The summed E-state index contributed by atoms with van der Waals surface area (Å²) < 4.78 is 0. The molecular weight excluding hydrogens is 330 g/mol. The van der Waals surface area contributed by atoms with Gasteiger partial charge in [-0.15, -0.1) is 11.8 Å². The molecule has 0 amide bonds. The van der Waals surface area contributed by atoms with Gasteiger partial charge in [0.05, 0.1) is 5.52 Å². The standard InChI is InChI=1S/C20H15N3OS/c24-17-3-1-2-12-10-13(4-5-14(12)17)23-20-19-15-8-9-25-18(15)7-6-16(19)21-11-22-20/h1-7,10-11,24H,8-9H2,(H,21,22,23). The third-order valence-electron chi connectivity index (χ3n) is 4.60. The zero-order chi connectivity index (χ0) is 16.8. The molecule has 0 saturated carbocycles. The van der Waals surface area contributed by atoms with Crippen LogP contribution in [0, 0.1) is 0 Å². The van der Waals surface area contributed by atoms with Crippen molar-refractivity contribution >= 4 is 44.9 Å². The molecule has 2 heterocycles. The lowest BCUT2D eigenvalue weighted by Gasteiger charge is -2.12. The number of fused-ring (bicyclic) bond motifs is 4. The van der Waals surface area contributed by atoms with Crippen LogP contribution in [0.3, 0.4) is 0 Å². The first-order chi connectivity index (χ1) is 12.3. The van der Waals surface area contributed by atoms with Crippen LogP contribution >= 0.6 is 11.8 Å². The molecule has 0 fully saturated rings. The third kappa shape index (κ3) is 2.39. The maximum absolute atomic E-state index is 9.96. The Morgan fingerprint density at radius 3 is 2.96 bits per heavy atom. The molecule has 25 heavy (non-hydrogen) atoms. The average Bonchev–Trinajstić information content (AvgIpc) is 3.11. The van der Waals surface area contributed by atoms with Crippen molar-refractivity contribution in [3.63, 3.8) is 0 Å². The number of anilines is 2. The molecule has 0 bridgehead atoms. The van der Waals surface area contributed by atoms with E-state index in [0.717, 1.165) is 45.4 Å². The van der Waals surface area contributed by atoms with Crippen LogP contribution in [-0.4, -0.2) is 20.8 Å². The lowest BCUT2D eigenvalue weighted by Crippen LogP contribution is -1.98. The minimum Gasteiger partial charge on any atom is -0.507 e. The lowest BCUT2D eigenvalue weighted by molar-refractivity contribution is 0.481. The van der Waals surface area contributed by atoms with E-state index >= 15 is 0 Å². The lowest BCUT2D eigenvalue weighted by atomic mass is 10.1. The Morgan fingerprint density at radius 2 is 2.00 bits per heavy atom. The molecule has 4 aromatic rings. The van der Waals surface area contributed by atoms with E-state index in [2.05, 4.69) is 27.4 Å². The van der Waals surface area contributed by atoms with Crippen molar-refractivity contribution < 1.29 is 5.11 Å². The van der Waals surface area contributed by atoms with Crippen molar-refractivity contribution in [1.82, 2.24) is 9.97 Å². The summed E-state index contributed by atoms with van der Waals surface area (Å²) in [5, 5.41) is 16.3. The van der Waals surface area contributed by atoms with Gasteiger partial charge in [-0.3, -0.25) is 0 Å². The van der Waals surface area contributed by atoms with E-state index in [1.165, 1.54) is 10.5 Å². The zero-order valence-electron chi connectivity index (χ0n) is 13.4. The fraction of sp³-hybridized carbons (Fsp3) is 0.100. The molecule has 1 aliphatic rings. The summed E-state index contributed by atoms with van der Waals surface area (Å²) in [7, 11) is 0. The number of aryl methyl sites for hydroxylation is 1. The number of phenols is 1. The molecule has 0 unspecified atom stereocenters. The molecule has 5 rings (SSSR count). The van der Waals surface area contributed by atoms with Gasteiger partial charge in [-0.25, -0.2) is 9.97 Å². The van der Waals surface area contributed by atoms with Crippen LogP contribution in [0.2, 0.25) is 0 Å². The van der Waals surface area contributed by atoms with Gasteiger partial charge in [0.2, 0.25) is 0 Å². The minimum atomic E-state index is 0.298. The van der Waals surface area contributed by atoms with Gasteiger partial charge in [0.25, 0.3) is 0 Å². The van der Waals surface area contributed by atoms with Gasteiger partial charge in [0.1, 0.15) is 17.9 Å². The molecule has 1 aromatic heterocycles. The predicted molar refractivity (Wildman–Crippen MR) is 103 cm³/mol. The Morgan fingerprint density at radius 1 is 1.04 bits per heavy atom. The molecule has 3 aromatic carbocycles. The minimum absolute atomic E-state index is 0.298. The summed E-state index contributed by atoms with van der Waals surface area (Å²) >= 11 is 1.89. The summed E-state index contributed by atoms with van der Waals surface area (Å²) in [4.78, 5) is 10.3. The molecule has 2 N–H and O–H groups in total. The van der Waals surface area contributed by atoms with Gasteiger partial charge in [-0.2, -0.15) is 0 Å². The van der Waals surface area contributed by atoms with Crippen LogP contribution in [0.5, 0.6) is 5.75 Å². The number of benzene rings is 3. The van der Waals surface area contributed by atoms with Crippen molar-refractivity contribution in [3.05, 3.63) is 60.4 Å². The summed E-state index contributed by atoms with van der Waals surface area (Å²) in [6, 6.07) is 15.7. The second kappa shape index (κ2) is 5.63. The van der Waals surface area contributed by atoms with Crippen molar-refractivity contribution in [2.45, 2.75) is 11.3 Å². The van der Waals surface area contributed by atoms with Crippen LogP contribution in [0.15, 0.2) is 59.8 Å². The van der Waals surface area contributed by atoms with E-state index in [4.69, 9.17) is 0 Å². The molecule has 0 radical (unpaired) electrons. The Bertz CT molecular complexity index is 1130. The molecule has 5 heteroatoms. The Labute approximate surface area is 148 Å². The maximum Gasteiger partial charge on any atom is 0.142 e. The number of thioether (sulfide) groups is 1. The second-order valence-corrected chi connectivity index (χ2v) is 7.23. The molecule has 0 atom stereocenters. The monoisotopic (exact) mass is 345 g/mol. The van der Waals surface area contributed by atoms with Gasteiger partial charge in [-0.05, 0) is 53.8 Å². The number of phenolic OH excluding ortho intramolecular Hbond substituents is 1. The van der Waals surface area contributed by atoms with Gasteiger partial charge in [0.15, 0.2) is 0 Å². The highest BCUT2D eigenvalue weighted by atomic mass is 32.2. The largest absolute Gasteiger partial charge is 0.507 e. The van der Waals surface area contributed by atoms with Crippen LogP contribution in [0.1, 0.15) is 5.56 Å². The molecule has 4 nitrogen and oxygen atoms in total. The molecule has 0 saturated heterocycles. The Hall–Kier alpha value is -2.79. The van der Waals surface area contributed by atoms with E-state index in [1.54, 1.807) is 12.4 Å². The Balaban J connectivity index is 1.64. The molecule has 122 valence electrons. The van der Waals surface area contributed by atoms with E-state index in [0.29, 0.717) is 5.75 Å². The van der Waals surface area contributed by atoms with Crippen LogP contribution in [0.4, 0.5) is 11.5 Å². The van der Waals surface area contributed by atoms with E-state index in [-0.39, 0.29) is 0 Å². The highest BCUT2D eigenvalue weighted by Gasteiger charge is 2.18.